The fourth-order valence-electron chi connectivity index (χ4n) is 2.68. The summed E-state index contributed by atoms with van der Waals surface area (Å²) in [5.41, 5.74) is 7.95. The van der Waals surface area contributed by atoms with E-state index in [0.717, 1.165) is 17.0 Å². The molecule has 0 aliphatic carbocycles. The van der Waals surface area contributed by atoms with E-state index in [1.54, 1.807) is 0 Å². The van der Waals surface area contributed by atoms with Crippen LogP contribution in [0.1, 0.15) is 16.7 Å². The lowest BCUT2D eigenvalue weighted by Gasteiger charge is -2.13. The lowest BCUT2D eigenvalue weighted by atomic mass is 9.95. The van der Waals surface area contributed by atoms with Gasteiger partial charge in [0.05, 0.1) is 11.4 Å². The van der Waals surface area contributed by atoms with Gasteiger partial charge < -0.3 is 0 Å². The molecule has 0 saturated carbocycles. The Balaban J connectivity index is 2.26. The Kier molecular flexibility index (Phi) is 3.53. The normalized spacial score (nSPS) is 10.6. The zero-order valence-corrected chi connectivity index (χ0v) is 12.6. The molecule has 0 unspecified atom stereocenters. The number of hydrogen-bond acceptors (Lipinski definition) is 2. The van der Waals surface area contributed by atoms with Gasteiger partial charge in [0.15, 0.2) is 0 Å². The highest BCUT2D eigenvalue weighted by molar-refractivity contribution is 5.82. The minimum Gasteiger partial charge on any atom is -0.256 e. The number of nitrogens with zero attached hydrogens (tertiary/aromatic N) is 2. The average molecular weight is 274 g/mol. The van der Waals surface area contributed by atoms with Gasteiger partial charge in [0.25, 0.3) is 0 Å². The second kappa shape index (κ2) is 5.49. The van der Waals surface area contributed by atoms with Gasteiger partial charge in [-0.15, -0.1) is 0 Å². The second-order valence-corrected chi connectivity index (χ2v) is 5.38. The van der Waals surface area contributed by atoms with E-state index in [1.807, 2.05) is 24.5 Å². The molecule has 0 atom stereocenters. The van der Waals surface area contributed by atoms with E-state index in [2.05, 4.69) is 61.1 Å². The van der Waals surface area contributed by atoms with Crippen LogP contribution in [0.4, 0.5) is 0 Å². The molecule has 2 aromatic heterocycles. The summed E-state index contributed by atoms with van der Waals surface area (Å²) in [5, 5.41) is 0. The van der Waals surface area contributed by atoms with Crippen LogP contribution in [0.3, 0.4) is 0 Å². The summed E-state index contributed by atoms with van der Waals surface area (Å²) in [6, 6.07) is 14.5. The lowest BCUT2D eigenvalue weighted by molar-refractivity contribution is 1.24. The molecular weight excluding hydrogens is 256 g/mol. The Morgan fingerprint density at radius 1 is 0.762 bits per heavy atom. The molecule has 0 fully saturated rings. The number of pyridine rings is 2. The smallest absolute Gasteiger partial charge is 0.0801 e. The first kappa shape index (κ1) is 13.5. The predicted molar refractivity (Wildman–Crippen MR) is 87.1 cm³/mol. The van der Waals surface area contributed by atoms with Gasteiger partial charge in [-0.1, -0.05) is 18.2 Å². The Morgan fingerprint density at radius 2 is 1.52 bits per heavy atom. The number of hydrogen-bond donors (Lipinski definition) is 0. The predicted octanol–water partition coefficient (Wildman–Crippen LogP) is 4.74. The van der Waals surface area contributed by atoms with Crippen molar-refractivity contribution in [1.82, 2.24) is 9.97 Å². The van der Waals surface area contributed by atoms with Crippen molar-refractivity contribution in [3.05, 3.63) is 71.5 Å². The maximum absolute atomic E-state index is 4.64. The topological polar surface area (TPSA) is 25.8 Å². The van der Waals surface area contributed by atoms with Crippen molar-refractivity contribution in [2.24, 2.45) is 0 Å². The van der Waals surface area contributed by atoms with Gasteiger partial charge in [-0.05, 0) is 61.7 Å². The van der Waals surface area contributed by atoms with Crippen molar-refractivity contribution in [3.8, 4) is 22.5 Å². The fourth-order valence-corrected chi connectivity index (χ4v) is 2.68. The third kappa shape index (κ3) is 2.57. The Morgan fingerprint density at radius 3 is 2.24 bits per heavy atom. The summed E-state index contributed by atoms with van der Waals surface area (Å²) in [6.07, 6.45) is 3.70. The molecule has 3 rings (SSSR count). The summed E-state index contributed by atoms with van der Waals surface area (Å²) in [4.78, 5) is 9.15. The SMILES string of the molecule is Cc1ccnc(-c2cccnc2-c2c(C)cccc2C)c1. The molecule has 0 radical (unpaired) electrons. The number of aryl methyl sites for hydroxylation is 3. The maximum atomic E-state index is 4.64. The first-order valence-corrected chi connectivity index (χ1v) is 7.11. The molecule has 2 nitrogen and oxygen atoms in total. The molecule has 3 aromatic rings. The van der Waals surface area contributed by atoms with E-state index >= 15 is 0 Å². The van der Waals surface area contributed by atoms with E-state index in [1.165, 1.54) is 22.3 Å². The molecule has 0 saturated heterocycles. The summed E-state index contributed by atoms with van der Waals surface area (Å²) in [5.74, 6) is 0. The molecule has 21 heavy (non-hydrogen) atoms. The van der Waals surface area contributed by atoms with Crippen molar-refractivity contribution in [2.75, 3.05) is 0 Å². The molecule has 2 heterocycles. The highest BCUT2D eigenvalue weighted by Crippen LogP contribution is 2.33. The van der Waals surface area contributed by atoms with Crippen molar-refractivity contribution in [2.45, 2.75) is 20.8 Å². The summed E-state index contributed by atoms with van der Waals surface area (Å²) >= 11 is 0. The van der Waals surface area contributed by atoms with Crippen LogP contribution >= 0.6 is 0 Å². The van der Waals surface area contributed by atoms with Crippen molar-refractivity contribution in [1.29, 1.82) is 0 Å². The Hall–Kier alpha value is -2.48. The molecule has 0 aliphatic heterocycles. The summed E-state index contributed by atoms with van der Waals surface area (Å²) < 4.78 is 0. The van der Waals surface area contributed by atoms with Crippen LogP contribution in [0.25, 0.3) is 22.5 Å². The molecule has 0 N–H and O–H groups in total. The lowest BCUT2D eigenvalue weighted by Crippen LogP contribution is -1.95. The quantitative estimate of drug-likeness (QED) is 0.674. The van der Waals surface area contributed by atoms with E-state index in [-0.39, 0.29) is 0 Å². The van der Waals surface area contributed by atoms with Crippen molar-refractivity contribution >= 4 is 0 Å². The average Bonchev–Trinajstić information content (AvgIpc) is 2.47. The monoisotopic (exact) mass is 274 g/mol. The molecule has 0 amide bonds. The second-order valence-electron chi connectivity index (χ2n) is 5.38. The first-order valence-electron chi connectivity index (χ1n) is 7.11. The molecule has 0 spiro atoms. The van der Waals surface area contributed by atoms with Crippen LogP contribution < -0.4 is 0 Å². The maximum Gasteiger partial charge on any atom is 0.0801 e. The van der Waals surface area contributed by atoms with E-state index in [9.17, 15) is 0 Å². The largest absolute Gasteiger partial charge is 0.256 e. The first-order chi connectivity index (χ1) is 10.2. The van der Waals surface area contributed by atoms with Gasteiger partial charge in [-0.2, -0.15) is 0 Å². The third-order valence-electron chi connectivity index (χ3n) is 3.72. The standard InChI is InChI=1S/C19H18N2/c1-13-9-11-20-17(12-13)16-8-5-10-21-19(16)18-14(2)6-4-7-15(18)3/h4-12H,1-3H3. The molecule has 0 aliphatic rings. The minimum atomic E-state index is 0.973. The van der Waals surface area contributed by atoms with Gasteiger partial charge in [-0.25, -0.2) is 0 Å². The Bertz CT molecular complexity index is 771. The zero-order chi connectivity index (χ0) is 14.8. The summed E-state index contributed by atoms with van der Waals surface area (Å²) in [6.45, 7) is 6.34. The van der Waals surface area contributed by atoms with Crippen LogP contribution in [-0.2, 0) is 0 Å². The highest BCUT2D eigenvalue weighted by Gasteiger charge is 2.13. The van der Waals surface area contributed by atoms with Gasteiger partial charge >= 0.3 is 0 Å². The van der Waals surface area contributed by atoms with Gasteiger partial charge in [-0.3, -0.25) is 9.97 Å². The van der Waals surface area contributed by atoms with E-state index in [4.69, 9.17) is 0 Å². The molecule has 2 heteroatoms. The summed E-state index contributed by atoms with van der Waals surface area (Å²) in [7, 11) is 0. The van der Waals surface area contributed by atoms with Crippen LogP contribution in [0.2, 0.25) is 0 Å². The molecular formula is C19H18N2. The molecule has 1 aromatic carbocycles. The fraction of sp³-hybridized carbons (Fsp3) is 0.158. The zero-order valence-electron chi connectivity index (χ0n) is 12.6. The minimum absolute atomic E-state index is 0.973. The van der Waals surface area contributed by atoms with Gasteiger partial charge in [0.1, 0.15) is 0 Å². The number of rotatable bonds is 2. The Labute approximate surface area is 125 Å². The van der Waals surface area contributed by atoms with Crippen molar-refractivity contribution < 1.29 is 0 Å². The molecule has 104 valence electrons. The third-order valence-corrected chi connectivity index (χ3v) is 3.72. The number of benzene rings is 1. The van der Waals surface area contributed by atoms with E-state index < -0.39 is 0 Å². The van der Waals surface area contributed by atoms with Crippen LogP contribution in [-0.4, -0.2) is 9.97 Å². The van der Waals surface area contributed by atoms with E-state index in [0.29, 0.717) is 0 Å². The highest BCUT2D eigenvalue weighted by atomic mass is 14.7. The van der Waals surface area contributed by atoms with Gasteiger partial charge in [0.2, 0.25) is 0 Å². The number of aromatic nitrogens is 2. The molecule has 0 bridgehead atoms. The van der Waals surface area contributed by atoms with Crippen LogP contribution in [0.5, 0.6) is 0 Å². The van der Waals surface area contributed by atoms with Crippen LogP contribution in [0.15, 0.2) is 54.9 Å². The van der Waals surface area contributed by atoms with Gasteiger partial charge in [0, 0.05) is 23.5 Å². The van der Waals surface area contributed by atoms with Crippen LogP contribution in [0, 0.1) is 20.8 Å². The van der Waals surface area contributed by atoms with Crippen molar-refractivity contribution in [3.63, 3.8) is 0 Å².